The third kappa shape index (κ3) is 2.72. The van der Waals surface area contributed by atoms with E-state index in [2.05, 4.69) is 60.5 Å². The molecule has 1 aliphatic rings. The zero-order valence-corrected chi connectivity index (χ0v) is 11.1. The van der Waals surface area contributed by atoms with Gasteiger partial charge in [-0.25, -0.2) is 0 Å². The minimum absolute atomic E-state index is 0.692. The van der Waals surface area contributed by atoms with Crippen molar-refractivity contribution in [2.24, 2.45) is 0 Å². The van der Waals surface area contributed by atoms with E-state index in [-0.39, 0.29) is 0 Å². The van der Waals surface area contributed by atoms with Gasteiger partial charge in [0.05, 0.1) is 11.4 Å². The van der Waals surface area contributed by atoms with Gasteiger partial charge in [-0.15, -0.1) is 0 Å². The summed E-state index contributed by atoms with van der Waals surface area (Å²) in [5.74, 6) is 0. The average Bonchev–Trinajstić information content (AvgIpc) is 2.39. The number of para-hydroxylation sites is 2. The van der Waals surface area contributed by atoms with Gasteiger partial charge in [-0.1, -0.05) is 12.1 Å². The van der Waals surface area contributed by atoms with E-state index in [0.717, 1.165) is 13.1 Å². The van der Waals surface area contributed by atoms with Crippen molar-refractivity contribution in [3.63, 3.8) is 0 Å². The van der Waals surface area contributed by atoms with Crippen molar-refractivity contribution < 1.29 is 0 Å². The van der Waals surface area contributed by atoms with Gasteiger partial charge in [0.2, 0.25) is 0 Å². The van der Waals surface area contributed by atoms with E-state index in [1.807, 2.05) is 0 Å². The normalized spacial score (nSPS) is 17.2. The van der Waals surface area contributed by atoms with Crippen LogP contribution < -0.4 is 15.1 Å². The fraction of sp³-hybridized carbons (Fsp3) is 0.571. The molecule has 17 heavy (non-hydrogen) atoms. The minimum Gasteiger partial charge on any atom is -0.376 e. The molecule has 0 radical (unpaired) electrons. The van der Waals surface area contributed by atoms with E-state index < -0.39 is 0 Å². The molecule has 0 atom stereocenters. The molecule has 1 heterocycles. The van der Waals surface area contributed by atoms with Gasteiger partial charge < -0.3 is 15.1 Å². The highest BCUT2D eigenvalue weighted by Crippen LogP contribution is 2.29. The molecule has 1 aliphatic heterocycles. The molecule has 1 aromatic rings. The molecule has 0 amide bonds. The first-order chi connectivity index (χ1) is 8.22. The Morgan fingerprint density at radius 3 is 2.41 bits per heavy atom. The lowest BCUT2D eigenvalue weighted by molar-refractivity contribution is 0.442. The molecule has 3 nitrogen and oxygen atoms in total. The van der Waals surface area contributed by atoms with Crippen LogP contribution in [0, 0.1) is 0 Å². The van der Waals surface area contributed by atoms with Gasteiger partial charge in [-0.3, -0.25) is 0 Å². The van der Waals surface area contributed by atoms with Crippen LogP contribution in [0.15, 0.2) is 24.3 Å². The lowest BCUT2D eigenvalue weighted by Crippen LogP contribution is -2.41. The van der Waals surface area contributed by atoms with Crippen LogP contribution in [0.5, 0.6) is 0 Å². The van der Waals surface area contributed by atoms with Crippen LogP contribution >= 0.6 is 0 Å². The summed E-state index contributed by atoms with van der Waals surface area (Å²) >= 11 is 0. The quantitative estimate of drug-likeness (QED) is 0.861. The van der Waals surface area contributed by atoms with E-state index in [4.69, 9.17) is 0 Å². The SMILES string of the molecule is CNC1CCN(c2ccccc2N(C)C)CC1. The largest absolute Gasteiger partial charge is 0.376 e. The van der Waals surface area contributed by atoms with Crippen molar-refractivity contribution in [3.05, 3.63) is 24.3 Å². The molecule has 0 unspecified atom stereocenters. The van der Waals surface area contributed by atoms with Crippen LogP contribution in [-0.4, -0.2) is 40.3 Å². The van der Waals surface area contributed by atoms with Gasteiger partial charge in [0.15, 0.2) is 0 Å². The highest BCUT2D eigenvalue weighted by molar-refractivity contribution is 5.70. The van der Waals surface area contributed by atoms with Crippen molar-refractivity contribution in [2.75, 3.05) is 44.0 Å². The molecule has 2 rings (SSSR count). The number of rotatable bonds is 3. The van der Waals surface area contributed by atoms with Gasteiger partial charge in [0.1, 0.15) is 0 Å². The number of anilines is 2. The second-order valence-electron chi connectivity index (χ2n) is 4.93. The van der Waals surface area contributed by atoms with Crippen molar-refractivity contribution in [2.45, 2.75) is 18.9 Å². The van der Waals surface area contributed by atoms with Crippen LogP contribution in [0.2, 0.25) is 0 Å². The summed E-state index contributed by atoms with van der Waals surface area (Å²) in [6.07, 6.45) is 2.47. The summed E-state index contributed by atoms with van der Waals surface area (Å²) in [5, 5.41) is 3.38. The van der Waals surface area contributed by atoms with Crippen LogP contribution in [0.25, 0.3) is 0 Å². The van der Waals surface area contributed by atoms with Gasteiger partial charge in [0, 0.05) is 33.2 Å². The van der Waals surface area contributed by atoms with Crippen LogP contribution in [0.1, 0.15) is 12.8 Å². The fourth-order valence-electron chi connectivity index (χ4n) is 2.52. The first-order valence-corrected chi connectivity index (χ1v) is 6.41. The number of nitrogens with zero attached hydrogens (tertiary/aromatic N) is 2. The summed E-state index contributed by atoms with van der Waals surface area (Å²) < 4.78 is 0. The molecule has 0 saturated carbocycles. The van der Waals surface area contributed by atoms with Crippen molar-refractivity contribution >= 4 is 11.4 Å². The van der Waals surface area contributed by atoms with E-state index in [0.29, 0.717) is 6.04 Å². The number of hydrogen-bond acceptors (Lipinski definition) is 3. The minimum atomic E-state index is 0.692. The Morgan fingerprint density at radius 1 is 1.18 bits per heavy atom. The smallest absolute Gasteiger partial charge is 0.0603 e. The van der Waals surface area contributed by atoms with Crippen molar-refractivity contribution in [1.29, 1.82) is 0 Å². The average molecular weight is 233 g/mol. The molecule has 0 aromatic heterocycles. The Labute approximate surface area is 104 Å². The monoisotopic (exact) mass is 233 g/mol. The third-order valence-electron chi connectivity index (χ3n) is 3.61. The van der Waals surface area contributed by atoms with Crippen molar-refractivity contribution in [1.82, 2.24) is 5.32 Å². The second kappa shape index (κ2) is 5.41. The Kier molecular flexibility index (Phi) is 3.89. The summed E-state index contributed by atoms with van der Waals surface area (Å²) in [6.45, 7) is 2.30. The van der Waals surface area contributed by atoms with E-state index in [1.54, 1.807) is 0 Å². The maximum absolute atomic E-state index is 3.38. The van der Waals surface area contributed by atoms with E-state index in [1.165, 1.54) is 24.2 Å². The molecular weight excluding hydrogens is 210 g/mol. The molecule has 3 heteroatoms. The molecule has 94 valence electrons. The number of piperidine rings is 1. The van der Waals surface area contributed by atoms with Gasteiger partial charge in [-0.2, -0.15) is 0 Å². The first-order valence-electron chi connectivity index (χ1n) is 6.41. The molecule has 1 N–H and O–H groups in total. The van der Waals surface area contributed by atoms with E-state index >= 15 is 0 Å². The van der Waals surface area contributed by atoms with Crippen molar-refractivity contribution in [3.8, 4) is 0 Å². The molecule has 1 aromatic carbocycles. The maximum atomic E-state index is 3.38. The molecule has 1 saturated heterocycles. The Bertz CT molecular complexity index is 354. The highest BCUT2D eigenvalue weighted by Gasteiger charge is 2.19. The third-order valence-corrected chi connectivity index (χ3v) is 3.61. The van der Waals surface area contributed by atoms with Gasteiger partial charge in [-0.05, 0) is 32.0 Å². The standard InChI is InChI=1S/C14H23N3/c1-15-12-8-10-17(11-9-12)14-7-5-4-6-13(14)16(2)3/h4-7,12,15H,8-11H2,1-3H3. The zero-order valence-electron chi connectivity index (χ0n) is 11.1. The topological polar surface area (TPSA) is 18.5 Å². The Morgan fingerprint density at radius 2 is 1.82 bits per heavy atom. The number of hydrogen-bond donors (Lipinski definition) is 1. The van der Waals surface area contributed by atoms with Crippen LogP contribution in [0.3, 0.4) is 0 Å². The Hall–Kier alpha value is -1.22. The Balaban J connectivity index is 2.13. The predicted octanol–water partition coefficient (Wildman–Crippen LogP) is 1.94. The number of benzene rings is 1. The predicted molar refractivity (Wildman–Crippen MR) is 75.1 cm³/mol. The van der Waals surface area contributed by atoms with Gasteiger partial charge in [0.25, 0.3) is 0 Å². The van der Waals surface area contributed by atoms with Crippen LogP contribution in [0.4, 0.5) is 11.4 Å². The van der Waals surface area contributed by atoms with E-state index in [9.17, 15) is 0 Å². The summed E-state index contributed by atoms with van der Waals surface area (Å²) in [7, 11) is 6.28. The molecule has 0 spiro atoms. The maximum Gasteiger partial charge on any atom is 0.0603 e. The molecular formula is C14H23N3. The molecule has 0 aliphatic carbocycles. The first kappa shape index (κ1) is 12.2. The number of nitrogens with one attached hydrogen (secondary N) is 1. The van der Waals surface area contributed by atoms with Gasteiger partial charge >= 0.3 is 0 Å². The molecule has 0 bridgehead atoms. The highest BCUT2D eigenvalue weighted by atomic mass is 15.2. The summed E-state index contributed by atoms with van der Waals surface area (Å²) in [4.78, 5) is 4.70. The summed E-state index contributed by atoms with van der Waals surface area (Å²) in [6, 6.07) is 9.36. The lowest BCUT2D eigenvalue weighted by atomic mass is 10.0. The summed E-state index contributed by atoms with van der Waals surface area (Å²) in [5.41, 5.74) is 2.68. The lowest BCUT2D eigenvalue weighted by Gasteiger charge is -2.35. The fourth-order valence-corrected chi connectivity index (χ4v) is 2.52. The second-order valence-corrected chi connectivity index (χ2v) is 4.93. The molecule has 1 fully saturated rings. The zero-order chi connectivity index (χ0) is 12.3. The van der Waals surface area contributed by atoms with Crippen LogP contribution in [-0.2, 0) is 0 Å².